The Labute approximate surface area is 276 Å². The van der Waals surface area contributed by atoms with E-state index >= 15 is 0 Å². The van der Waals surface area contributed by atoms with Gasteiger partial charge in [-0.05, 0) is 48.7 Å². The first-order valence-electron chi connectivity index (χ1n) is 13.7. The van der Waals surface area contributed by atoms with Crippen LogP contribution in [0.1, 0.15) is 24.0 Å². The van der Waals surface area contributed by atoms with Crippen LogP contribution in [-0.2, 0) is 18.8 Å². The molecule has 4 rings (SSSR count). The van der Waals surface area contributed by atoms with E-state index in [0.29, 0.717) is 29.4 Å². The van der Waals surface area contributed by atoms with E-state index in [1.807, 2.05) is 14.1 Å². The van der Waals surface area contributed by atoms with Crippen molar-refractivity contribution in [1.82, 2.24) is 9.55 Å². The van der Waals surface area contributed by atoms with Crippen LogP contribution >= 0.6 is 11.8 Å². The average Bonchev–Trinajstić information content (AvgIpc) is 2.99. The summed E-state index contributed by atoms with van der Waals surface area (Å²) in [5, 5.41) is 0.401. The first-order chi connectivity index (χ1) is 21.3. The molecule has 0 radical (unpaired) electrons. The Kier molecular flexibility index (Phi) is 12.4. The van der Waals surface area contributed by atoms with Gasteiger partial charge in [-0.3, -0.25) is 9.36 Å². The summed E-state index contributed by atoms with van der Waals surface area (Å²) in [4.78, 5) is 18.5. The summed E-state index contributed by atoms with van der Waals surface area (Å²) in [7, 11) is 7.92. The minimum absolute atomic E-state index is 0. The summed E-state index contributed by atoms with van der Waals surface area (Å²) in [6.07, 6.45) is 1.07. The Morgan fingerprint density at radius 2 is 1.33 bits per heavy atom. The third-order valence-electron chi connectivity index (χ3n) is 7.18. The molecule has 250 valence electrons. The van der Waals surface area contributed by atoms with Gasteiger partial charge in [-0.1, -0.05) is 11.8 Å². The molecule has 0 saturated carbocycles. The molecule has 15 heteroatoms. The molecule has 0 aliphatic rings. The van der Waals surface area contributed by atoms with E-state index < -0.39 is 40.5 Å². The van der Waals surface area contributed by atoms with Gasteiger partial charge in [0, 0.05) is 17.9 Å². The number of nitrogens with zero attached hydrogens (tertiary/aromatic N) is 3. The van der Waals surface area contributed by atoms with Crippen LogP contribution in [0.3, 0.4) is 0 Å². The molecule has 0 saturated heterocycles. The number of unbranched alkanes of at least 4 members (excludes halogenated alkanes) is 1. The lowest BCUT2D eigenvalue weighted by Gasteiger charge is -2.30. The molecule has 0 bridgehead atoms. The second-order valence-corrected chi connectivity index (χ2v) is 11.9. The molecule has 1 aromatic heterocycles. The zero-order valence-electron chi connectivity index (χ0n) is 25.7. The highest BCUT2D eigenvalue weighted by atomic mass is 79.9. The molecule has 7 nitrogen and oxygen atoms in total. The SMILES string of the molecule is COc1cc2c(=O)n(CCCC[N+](C)(C)Cc3cc(F)c(F)c(F)c3)c(SCc3cc(F)c(F)c(F)c3)nc2c(OC)c1OC.[Br-]. The lowest BCUT2D eigenvalue weighted by Crippen LogP contribution is -3.00. The Hall–Kier alpha value is -3.43. The Balaban J connectivity index is 0.00000576. The van der Waals surface area contributed by atoms with E-state index in [-0.39, 0.29) is 74.7 Å². The lowest BCUT2D eigenvalue weighted by molar-refractivity contribution is -0.903. The maximum absolute atomic E-state index is 13.9. The molecule has 0 fully saturated rings. The van der Waals surface area contributed by atoms with Gasteiger partial charge in [-0.15, -0.1) is 0 Å². The number of rotatable bonds is 13. The predicted molar refractivity (Wildman–Crippen MR) is 158 cm³/mol. The maximum Gasteiger partial charge on any atom is 0.262 e. The number of fused-ring (bicyclic) bond motifs is 1. The molecule has 0 N–H and O–H groups in total. The number of hydrogen-bond acceptors (Lipinski definition) is 6. The Morgan fingerprint density at radius 3 is 1.85 bits per heavy atom. The van der Waals surface area contributed by atoms with Crippen molar-refractivity contribution in [3.8, 4) is 17.2 Å². The standard InChI is InChI=1S/C31H32F6N3O4S.BrH/c1-40(2,15-17-10-20(32)25(36)21(33)11-17)9-7-6-8-39-30(41)19-14-24(42-3)28(43-4)29(44-5)27(19)38-31(39)45-16-18-12-22(34)26(37)23(35)13-18;/h10-14H,6-9,15-16H2,1-5H3;1H/q+1;/p-1. The van der Waals surface area contributed by atoms with Crippen molar-refractivity contribution in [3.05, 3.63) is 86.7 Å². The van der Waals surface area contributed by atoms with Gasteiger partial charge in [0.2, 0.25) is 5.75 Å². The van der Waals surface area contributed by atoms with E-state index in [0.717, 1.165) is 36.0 Å². The third-order valence-corrected chi connectivity index (χ3v) is 8.23. The van der Waals surface area contributed by atoms with Gasteiger partial charge in [0.1, 0.15) is 12.1 Å². The fraction of sp³-hybridized carbons (Fsp3) is 0.355. The van der Waals surface area contributed by atoms with E-state index in [4.69, 9.17) is 14.2 Å². The molecular weight excluding hydrogens is 704 g/mol. The van der Waals surface area contributed by atoms with Gasteiger partial charge >= 0.3 is 0 Å². The minimum atomic E-state index is -1.58. The third kappa shape index (κ3) is 8.10. The number of benzene rings is 3. The van der Waals surface area contributed by atoms with Crippen molar-refractivity contribution in [1.29, 1.82) is 0 Å². The van der Waals surface area contributed by atoms with Gasteiger partial charge < -0.3 is 35.7 Å². The molecule has 0 amide bonds. The number of hydrogen-bond donors (Lipinski definition) is 0. The molecule has 1 heterocycles. The zero-order valence-corrected chi connectivity index (χ0v) is 28.1. The minimum Gasteiger partial charge on any atom is -1.00 e. The summed E-state index contributed by atoms with van der Waals surface area (Å²) in [6, 6.07) is 5.18. The normalized spacial score (nSPS) is 11.5. The van der Waals surface area contributed by atoms with Gasteiger partial charge in [0.15, 0.2) is 51.6 Å². The van der Waals surface area contributed by atoms with Crippen LogP contribution in [0.4, 0.5) is 26.3 Å². The molecule has 0 aliphatic carbocycles. The second-order valence-electron chi connectivity index (χ2n) is 11.0. The molecule has 4 aromatic rings. The topological polar surface area (TPSA) is 62.6 Å². The van der Waals surface area contributed by atoms with E-state index in [2.05, 4.69) is 4.98 Å². The van der Waals surface area contributed by atoms with E-state index in [1.54, 1.807) is 0 Å². The highest BCUT2D eigenvalue weighted by molar-refractivity contribution is 7.98. The number of methoxy groups -OCH3 is 3. The van der Waals surface area contributed by atoms with E-state index in [1.165, 1.54) is 32.0 Å². The Bertz CT molecular complexity index is 1740. The smallest absolute Gasteiger partial charge is 0.262 e. The maximum atomic E-state index is 13.9. The lowest BCUT2D eigenvalue weighted by atomic mass is 10.1. The van der Waals surface area contributed by atoms with Crippen LogP contribution in [0.25, 0.3) is 10.9 Å². The first-order valence-corrected chi connectivity index (χ1v) is 14.7. The van der Waals surface area contributed by atoms with Crippen LogP contribution in [0.2, 0.25) is 0 Å². The number of quaternary nitrogens is 1. The van der Waals surface area contributed by atoms with Crippen molar-refractivity contribution in [3.63, 3.8) is 0 Å². The van der Waals surface area contributed by atoms with Gasteiger partial charge in [0.25, 0.3) is 5.56 Å². The number of aromatic nitrogens is 2. The van der Waals surface area contributed by atoms with Crippen LogP contribution in [-0.4, -0.2) is 56.0 Å². The number of thioether (sulfide) groups is 1. The molecule has 3 aromatic carbocycles. The van der Waals surface area contributed by atoms with Crippen molar-refractivity contribution in [2.75, 3.05) is 42.0 Å². The summed E-state index contributed by atoms with van der Waals surface area (Å²) in [6.45, 7) is 0.984. The summed E-state index contributed by atoms with van der Waals surface area (Å²) < 4.78 is 100. The highest BCUT2D eigenvalue weighted by Crippen LogP contribution is 2.42. The van der Waals surface area contributed by atoms with Crippen molar-refractivity contribution in [2.24, 2.45) is 0 Å². The largest absolute Gasteiger partial charge is 1.00 e. The van der Waals surface area contributed by atoms with Crippen molar-refractivity contribution in [2.45, 2.75) is 36.8 Å². The fourth-order valence-electron chi connectivity index (χ4n) is 5.03. The molecule has 0 spiro atoms. The fourth-order valence-corrected chi connectivity index (χ4v) is 5.98. The first kappa shape index (κ1) is 37.0. The van der Waals surface area contributed by atoms with Crippen molar-refractivity contribution >= 4 is 22.7 Å². The molecular formula is C31H32BrF6N3O4S. The van der Waals surface area contributed by atoms with Crippen molar-refractivity contribution < 1.29 is 62.0 Å². The summed E-state index contributed by atoms with van der Waals surface area (Å²) in [5.41, 5.74) is 0.206. The van der Waals surface area contributed by atoms with Gasteiger partial charge in [-0.2, -0.15) is 0 Å². The van der Waals surface area contributed by atoms with Crippen LogP contribution < -0.4 is 36.8 Å². The Morgan fingerprint density at radius 1 is 0.783 bits per heavy atom. The second kappa shape index (κ2) is 15.4. The van der Waals surface area contributed by atoms with Gasteiger partial charge in [0.05, 0.1) is 47.4 Å². The van der Waals surface area contributed by atoms with Crippen LogP contribution in [0.15, 0.2) is 40.3 Å². The average molecular weight is 737 g/mol. The summed E-state index contributed by atoms with van der Waals surface area (Å²) >= 11 is 1.03. The van der Waals surface area contributed by atoms with Crippen LogP contribution in [0.5, 0.6) is 17.2 Å². The van der Waals surface area contributed by atoms with E-state index in [9.17, 15) is 31.1 Å². The van der Waals surface area contributed by atoms with Gasteiger partial charge in [-0.25, -0.2) is 31.3 Å². The molecule has 46 heavy (non-hydrogen) atoms. The molecule has 0 aliphatic heterocycles. The number of halogens is 7. The zero-order chi connectivity index (χ0) is 33.1. The quantitative estimate of drug-likeness (QED) is 0.0523. The molecule has 0 unspecified atom stereocenters. The summed E-state index contributed by atoms with van der Waals surface area (Å²) in [5.74, 6) is -7.68. The molecule has 0 atom stereocenters. The highest BCUT2D eigenvalue weighted by Gasteiger charge is 2.23. The van der Waals surface area contributed by atoms with Crippen LogP contribution in [0, 0.1) is 34.9 Å². The monoisotopic (exact) mass is 735 g/mol. The predicted octanol–water partition coefficient (Wildman–Crippen LogP) is 3.61. The number of ether oxygens (including phenoxy) is 3.